The number of nitrogens with one attached hydrogen (secondary N) is 2. The molecule has 0 unspecified atom stereocenters. The highest BCUT2D eigenvalue weighted by molar-refractivity contribution is 6.39. The Bertz CT molecular complexity index is 687. The van der Waals surface area contributed by atoms with Crippen molar-refractivity contribution in [3.63, 3.8) is 0 Å². The second-order valence-corrected chi connectivity index (χ2v) is 7.06. The minimum atomic E-state index is -0.855. The molecule has 1 aliphatic carbocycles. The molecule has 0 saturated heterocycles. The van der Waals surface area contributed by atoms with Gasteiger partial charge in [-0.25, -0.2) is 5.43 Å². The molecule has 0 aliphatic heterocycles. The monoisotopic (exact) mass is 388 g/mol. The summed E-state index contributed by atoms with van der Waals surface area (Å²) in [6, 6.07) is 5.28. The number of benzene rings is 1. The second kappa shape index (κ2) is 11.8. The molecule has 1 saturated carbocycles. The molecule has 0 radical (unpaired) electrons. The third-order valence-corrected chi connectivity index (χ3v) is 4.79. The Kier molecular flexibility index (Phi) is 9.10. The number of non-ortho nitro benzene ring substituents is 1. The van der Waals surface area contributed by atoms with E-state index in [0.29, 0.717) is 5.69 Å². The maximum absolute atomic E-state index is 12.0. The topological polar surface area (TPSA) is 114 Å². The Morgan fingerprint density at radius 2 is 1.32 bits per heavy atom. The molecule has 0 atom stereocenters. The van der Waals surface area contributed by atoms with E-state index in [1.165, 1.54) is 56.4 Å². The van der Waals surface area contributed by atoms with Gasteiger partial charge in [0.2, 0.25) is 0 Å². The number of hydrogen-bond donors (Lipinski definition) is 2. The highest BCUT2D eigenvalue weighted by Gasteiger charge is 2.14. The zero-order valence-corrected chi connectivity index (χ0v) is 16.1. The van der Waals surface area contributed by atoms with Crippen LogP contribution in [0.5, 0.6) is 0 Å². The van der Waals surface area contributed by atoms with Gasteiger partial charge in [-0.05, 0) is 37.8 Å². The van der Waals surface area contributed by atoms with Gasteiger partial charge in [-0.2, -0.15) is 5.10 Å². The quantitative estimate of drug-likeness (QED) is 0.456. The largest absolute Gasteiger partial charge is 0.329 e. The Hall–Kier alpha value is -2.77. The lowest BCUT2D eigenvalue weighted by Crippen LogP contribution is -2.33. The van der Waals surface area contributed by atoms with Crippen LogP contribution < -0.4 is 10.7 Å². The molecule has 8 nitrogen and oxygen atoms in total. The van der Waals surface area contributed by atoms with E-state index in [0.717, 1.165) is 44.2 Å². The van der Waals surface area contributed by atoms with Crippen molar-refractivity contribution in [2.75, 3.05) is 5.32 Å². The zero-order valence-electron chi connectivity index (χ0n) is 16.1. The third kappa shape index (κ3) is 7.85. The highest BCUT2D eigenvalue weighted by Crippen LogP contribution is 2.16. The number of hydrazone groups is 1. The summed E-state index contributed by atoms with van der Waals surface area (Å²) in [5.41, 5.74) is 3.49. The Labute approximate surface area is 164 Å². The van der Waals surface area contributed by atoms with Gasteiger partial charge in [-0.1, -0.05) is 44.9 Å². The summed E-state index contributed by atoms with van der Waals surface area (Å²) < 4.78 is 0. The maximum atomic E-state index is 12.0. The molecule has 28 heavy (non-hydrogen) atoms. The van der Waals surface area contributed by atoms with Gasteiger partial charge in [0.15, 0.2) is 0 Å². The number of rotatable bonds is 3. The molecule has 0 bridgehead atoms. The van der Waals surface area contributed by atoms with Gasteiger partial charge < -0.3 is 5.32 Å². The molecule has 8 heteroatoms. The molecule has 1 fully saturated rings. The van der Waals surface area contributed by atoms with E-state index in [1.54, 1.807) is 0 Å². The number of nitro groups is 1. The first-order valence-corrected chi connectivity index (χ1v) is 9.97. The van der Waals surface area contributed by atoms with Crippen LogP contribution in [0.15, 0.2) is 29.4 Å². The van der Waals surface area contributed by atoms with Crippen LogP contribution in [0.3, 0.4) is 0 Å². The van der Waals surface area contributed by atoms with E-state index in [1.807, 2.05) is 0 Å². The van der Waals surface area contributed by atoms with Crippen LogP contribution in [0.1, 0.15) is 70.6 Å². The smallest absolute Gasteiger partial charge is 0.318 e. The van der Waals surface area contributed by atoms with Crippen LogP contribution in [0.25, 0.3) is 0 Å². The van der Waals surface area contributed by atoms with E-state index in [2.05, 4.69) is 15.8 Å². The van der Waals surface area contributed by atoms with Crippen LogP contribution in [-0.4, -0.2) is 22.4 Å². The predicted molar refractivity (Wildman–Crippen MR) is 108 cm³/mol. The van der Waals surface area contributed by atoms with Crippen LogP contribution in [0.2, 0.25) is 0 Å². The van der Waals surface area contributed by atoms with Crippen molar-refractivity contribution in [2.24, 2.45) is 5.10 Å². The van der Waals surface area contributed by atoms with Crippen LogP contribution >= 0.6 is 0 Å². The standard InChI is InChI=1S/C20H28N4O4/c25-19(21-16-12-14-18(15-13-16)24(27)28)20(26)23-22-17-10-8-6-4-2-1-3-5-7-9-11-17/h12-15H,1-11H2,(H,21,25)(H,23,26). The van der Waals surface area contributed by atoms with Crippen molar-refractivity contribution >= 4 is 28.9 Å². The molecule has 0 spiro atoms. The lowest BCUT2D eigenvalue weighted by Gasteiger charge is -2.10. The van der Waals surface area contributed by atoms with Crippen molar-refractivity contribution < 1.29 is 14.5 Å². The molecule has 1 aliphatic rings. The molecule has 1 aromatic carbocycles. The van der Waals surface area contributed by atoms with Crippen LogP contribution in [-0.2, 0) is 9.59 Å². The van der Waals surface area contributed by atoms with E-state index in [-0.39, 0.29) is 5.69 Å². The number of nitrogens with zero attached hydrogens (tertiary/aromatic N) is 2. The first kappa shape index (κ1) is 21.5. The van der Waals surface area contributed by atoms with Crippen molar-refractivity contribution in [2.45, 2.75) is 70.6 Å². The second-order valence-electron chi connectivity index (χ2n) is 7.06. The van der Waals surface area contributed by atoms with Gasteiger partial charge >= 0.3 is 11.8 Å². The minimum Gasteiger partial charge on any atom is -0.318 e. The summed E-state index contributed by atoms with van der Waals surface area (Å²) in [4.78, 5) is 34.1. The van der Waals surface area contributed by atoms with Crippen molar-refractivity contribution in [3.8, 4) is 0 Å². The molecule has 2 rings (SSSR count). The van der Waals surface area contributed by atoms with Crippen molar-refractivity contribution in [1.82, 2.24) is 5.43 Å². The van der Waals surface area contributed by atoms with E-state index < -0.39 is 16.7 Å². The predicted octanol–water partition coefficient (Wildman–Crippen LogP) is 4.31. The number of hydrogen-bond acceptors (Lipinski definition) is 5. The SMILES string of the molecule is O=C(NN=C1CCCCCCCCCCC1)C(=O)Nc1ccc([N+](=O)[O-])cc1. The number of carbonyl (C=O) groups excluding carboxylic acids is 2. The van der Waals surface area contributed by atoms with E-state index in [9.17, 15) is 19.7 Å². The van der Waals surface area contributed by atoms with Crippen LogP contribution in [0.4, 0.5) is 11.4 Å². The fraction of sp³-hybridized carbons (Fsp3) is 0.550. The molecule has 2 N–H and O–H groups in total. The molecular formula is C20H28N4O4. The fourth-order valence-electron chi connectivity index (χ4n) is 3.17. The Balaban J connectivity index is 1.85. The van der Waals surface area contributed by atoms with E-state index >= 15 is 0 Å². The molecule has 0 aromatic heterocycles. The average Bonchev–Trinajstić information content (AvgIpc) is 2.67. The number of anilines is 1. The highest BCUT2D eigenvalue weighted by atomic mass is 16.6. The molecule has 152 valence electrons. The summed E-state index contributed by atoms with van der Waals surface area (Å²) in [5, 5.41) is 17.2. The number of carbonyl (C=O) groups is 2. The first-order chi connectivity index (χ1) is 13.6. The van der Waals surface area contributed by atoms with Crippen LogP contribution in [0, 0.1) is 10.1 Å². The van der Waals surface area contributed by atoms with Crippen molar-refractivity contribution in [3.05, 3.63) is 34.4 Å². The molecule has 1 aromatic rings. The Morgan fingerprint density at radius 3 is 1.82 bits per heavy atom. The van der Waals surface area contributed by atoms with Gasteiger partial charge in [0.05, 0.1) is 4.92 Å². The van der Waals surface area contributed by atoms with Crippen molar-refractivity contribution in [1.29, 1.82) is 0 Å². The summed E-state index contributed by atoms with van der Waals surface area (Å²) in [6.45, 7) is 0. The summed E-state index contributed by atoms with van der Waals surface area (Å²) in [5.74, 6) is -1.71. The third-order valence-electron chi connectivity index (χ3n) is 4.79. The number of nitro benzene ring substituents is 1. The number of amides is 2. The fourth-order valence-corrected chi connectivity index (χ4v) is 3.17. The molecule has 2 amide bonds. The lowest BCUT2D eigenvalue weighted by molar-refractivity contribution is -0.384. The summed E-state index contributed by atoms with van der Waals surface area (Å²) in [6.07, 6.45) is 12.4. The first-order valence-electron chi connectivity index (χ1n) is 9.97. The van der Waals surface area contributed by atoms with Gasteiger partial charge in [-0.15, -0.1) is 0 Å². The van der Waals surface area contributed by atoms with Gasteiger partial charge in [-0.3, -0.25) is 19.7 Å². The minimum absolute atomic E-state index is 0.0867. The van der Waals surface area contributed by atoms with Gasteiger partial charge in [0.1, 0.15) is 0 Å². The maximum Gasteiger partial charge on any atom is 0.329 e. The normalized spacial score (nSPS) is 16.2. The molecular weight excluding hydrogens is 360 g/mol. The Morgan fingerprint density at radius 1 is 0.821 bits per heavy atom. The lowest BCUT2D eigenvalue weighted by atomic mass is 10.00. The van der Waals surface area contributed by atoms with Gasteiger partial charge in [0, 0.05) is 23.5 Å². The summed E-state index contributed by atoms with van der Waals surface area (Å²) in [7, 11) is 0. The summed E-state index contributed by atoms with van der Waals surface area (Å²) >= 11 is 0. The molecule has 0 heterocycles. The average molecular weight is 388 g/mol. The zero-order chi connectivity index (χ0) is 20.2. The van der Waals surface area contributed by atoms with Gasteiger partial charge in [0.25, 0.3) is 5.69 Å². The van der Waals surface area contributed by atoms with E-state index in [4.69, 9.17) is 0 Å².